The first-order chi connectivity index (χ1) is 16.0. The number of benzene rings is 1. The number of nitrogens with one attached hydrogen (secondary N) is 1. The van der Waals surface area contributed by atoms with Gasteiger partial charge in [0.2, 0.25) is 0 Å². The van der Waals surface area contributed by atoms with Crippen LogP contribution in [-0.2, 0) is 17.8 Å². The summed E-state index contributed by atoms with van der Waals surface area (Å²) in [7, 11) is 0. The molecule has 0 fully saturated rings. The van der Waals surface area contributed by atoms with Gasteiger partial charge in [0.25, 0.3) is 11.8 Å². The Labute approximate surface area is 194 Å². The molecule has 2 atom stereocenters. The third-order valence-electron chi connectivity index (χ3n) is 5.24. The average Bonchev–Trinajstić information content (AvgIpc) is 3.20. The maximum atomic E-state index is 13.8. The van der Waals surface area contributed by atoms with Crippen LogP contribution in [0, 0.1) is 11.7 Å². The fourth-order valence-corrected chi connectivity index (χ4v) is 4.49. The molecule has 0 radical (unpaired) electrons. The molecule has 1 aromatic heterocycles. The number of amidine groups is 1. The molecule has 0 spiro atoms. The Morgan fingerprint density at radius 1 is 1.24 bits per heavy atom. The highest BCUT2D eigenvalue weighted by atomic mass is 32.2. The number of allylic oxidation sites excluding steroid dienone is 3. The van der Waals surface area contributed by atoms with Crippen molar-refractivity contribution < 1.29 is 14.0 Å². The summed E-state index contributed by atoms with van der Waals surface area (Å²) < 4.78 is 15.7. The van der Waals surface area contributed by atoms with E-state index >= 15 is 0 Å². The van der Waals surface area contributed by atoms with Crippen molar-refractivity contribution in [3.8, 4) is 0 Å². The number of rotatable bonds is 8. The van der Waals surface area contributed by atoms with Gasteiger partial charge < -0.3 is 9.88 Å². The van der Waals surface area contributed by atoms with E-state index in [0.717, 1.165) is 0 Å². The lowest BCUT2D eigenvalue weighted by Gasteiger charge is -2.20. The molecule has 2 heterocycles. The predicted octanol–water partition coefficient (Wildman–Crippen LogP) is 3.01. The van der Waals surface area contributed by atoms with Crippen LogP contribution in [0.2, 0.25) is 0 Å². The number of thioether (sulfide) groups is 1. The van der Waals surface area contributed by atoms with Crippen molar-refractivity contribution in [3.63, 3.8) is 0 Å². The molecule has 2 unspecified atom stereocenters. The first-order valence-electron chi connectivity index (χ1n) is 10.6. The highest BCUT2D eigenvalue weighted by molar-refractivity contribution is 8.00. The molecule has 0 saturated heterocycles. The number of nitrogens with zero attached hydrogens (tertiary/aromatic N) is 5. The molecule has 1 aromatic carbocycles. The van der Waals surface area contributed by atoms with Gasteiger partial charge in [0.1, 0.15) is 23.4 Å². The summed E-state index contributed by atoms with van der Waals surface area (Å²) in [5, 5.41) is 11.7. The van der Waals surface area contributed by atoms with Gasteiger partial charge in [0, 0.05) is 19.5 Å². The SMILES string of the molecule is CCn1c(CCNC(=O)c2ccccc2F)nnc1SC(C)C1=NC(=O)C2C=CC=CC2=N1. The maximum absolute atomic E-state index is 13.8. The first kappa shape index (κ1) is 22.8. The summed E-state index contributed by atoms with van der Waals surface area (Å²) in [5.41, 5.74) is 0.706. The monoisotopic (exact) mass is 466 g/mol. The Balaban J connectivity index is 1.39. The minimum atomic E-state index is -0.557. The zero-order chi connectivity index (χ0) is 23.4. The molecule has 1 aliphatic heterocycles. The van der Waals surface area contributed by atoms with Gasteiger partial charge in [-0.05, 0) is 32.1 Å². The van der Waals surface area contributed by atoms with Gasteiger partial charge in [-0.2, -0.15) is 4.99 Å². The Bertz CT molecular complexity index is 1200. The Morgan fingerprint density at radius 2 is 2.06 bits per heavy atom. The molecule has 2 aliphatic rings. The van der Waals surface area contributed by atoms with E-state index in [-0.39, 0.29) is 16.7 Å². The van der Waals surface area contributed by atoms with Gasteiger partial charge in [-0.3, -0.25) is 9.59 Å². The lowest BCUT2D eigenvalue weighted by molar-refractivity contribution is -0.118. The highest BCUT2D eigenvalue weighted by Crippen LogP contribution is 2.26. The van der Waals surface area contributed by atoms with Crippen molar-refractivity contribution >= 4 is 35.1 Å². The Hall–Kier alpha value is -3.40. The summed E-state index contributed by atoms with van der Waals surface area (Å²) in [5.74, 6) is -0.483. The van der Waals surface area contributed by atoms with Crippen LogP contribution in [0.25, 0.3) is 0 Å². The van der Waals surface area contributed by atoms with E-state index in [1.165, 1.54) is 30.0 Å². The number of hydrogen-bond acceptors (Lipinski definition) is 6. The number of carbonyl (C=O) groups excluding carboxylic acids is 2. The second-order valence-corrected chi connectivity index (χ2v) is 8.76. The largest absolute Gasteiger partial charge is 0.351 e. The molecule has 170 valence electrons. The van der Waals surface area contributed by atoms with Gasteiger partial charge in [0.05, 0.1) is 16.5 Å². The van der Waals surface area contributed by atoms with Crippen molar-refractivity contribution in [2.45, 2.75) is 37.2 Å². The summed E-state index contributed by atoms with van der Waals surface area (Å²) in [6, 6.07) is 5.85. The fraction of sp³-hybridized carbons (Fsp3) is 0.304. The third-order valence-corrected chi connectivity index (χ3v) is 6.32. The molecule has 0 saturated carbocycles. The number of fused-ring (bicyclic) bond motifs is 1. The zero-order valence-electron chi connectivity index (χ0n) is 18.2. The van der Waals surface area contributed by atoms with E-state index in [1.807, 2.05) is 36.6 Å². The summed E-state index contributed by atoms with van der Waals surface area (Å²) in [6.07, 6.45) is 7.75. The van der Waals surface area contributed by atoms with E-state index < -0.39 is 17.6 Å². The number of aliphatic imine (C=N–C) groups is 2. The van der Waals surface area contributed by atoms with Crippen LogP contribution >= 0.6 is 11.8 Å². The minimum absolute atomic E-state index is 0.00879. The predicted molar refractivity (Wildman–Crippen MR) is 125 cm³/mol. The Kier molecular flexibility index (Phi) is 6.93. The molecular weight excluding hydrogens is 443 g/mol. The zero-order valence-corrected chi connectivity index (χ0v) is 19.1. The van der Waals surface area contributed by atoms with Crippen molar-refractivity contribution in [1.82, 2.24) is 20.1 Å². The van der Waals surface area contributed by atoms with Crippen molar-refractivity contribution in [2.24, 2.45) is 15.9 Å². The van der Waals surface area contributed by atoms with Gasteiger partial charge in [0.15, 0.2) is 5.16 Å². The van der Waals surface area contributed by atoms with Crippen LogP contribution < -0.4 is 5.32 Å². The van der Waals surface area contributed by atoms with E-state index in [1.54, 1.807) is 12.1 Å². The topological polar surface area (TPSA) is 102 Å². The van der Waals surface area contributed by atoms with Crippen molar-refractivity contribution in [1.29, 1.82) is 0 Å². The van der Waals surface area contributed by atoms with Crippen LogP contribution in [-0.4, -0.2) is 49.9 Å². The van der Waals surface area contributed by atoms with Crippen LogP contribution in [0.15, 0.2) is 63.7 Å². The van der Waals surface area contributed by atoms with E-state index in [0.29, 0.717) is 42.0 Å². The first-order valence-corrected chi connectivity index (χ1v) is 11.5. The normalized spacial score (nSPS) is 17.9. The second-order valence-electron chi connectivity index (χ2n) is 7.46. The molecule has 1 N–H and O–H groups in total. The van der Waals surface area contributed by atoms with Crippen LogP contribution in [0.5, 0.6) is 0 Å². The summed E-state index contributed by atoms with van der Waals surface area (Å²) >= 11 is 1.42. The molecule has 2 amide bonds. The second kappa shape index (κ2) is 10.0. The maximum Gasteiger partial charge on any atom is 0.260 e. The summed E-state index contributed by atoms with van der Waals surface area (Å²) in [6.45, 7) is 4.83. The molecular formula is C23H23FN6O2S. The number of halogens is 1. The van der Waals surface area contributed by atoms with Crippen molar-refractivity contribution in [2.75, 3.05) is 6.54 Å². The van der Waals surface area contributed by atoms with E-state index in [2.05, 4.69) is 25.5 Å². The molecule has 10 heteroatoms. The fourth-order valence-electron chi connectivity index (χ4n) is 3.52. The van der Waals surface area contributed by atoms with E-state index in [9.17, 15) is 14.0 Å². The number of hydrogen-bond donors (Lipinski definition) is 1. The quantitative estimate of drug-likeness (QED) is 0.603. The van der Waals surface area contributed by atoms with Crippen LogP contribution in [0.4, 0.5) is 4.39 Å². The lowest BCUT2D eigenvalue weighted by Crippen LogP contribution is -2.30. The standard InChI is InChI=1S/C23H23FN6O2S/c1-3-30-19(12-13-25-21(31)15-8-4-6-10-17(15)24)28-29-23(30)33-14(2)20-26-18-11-7-5-9-16(18)22(32)27-20/h4-11,14,16H,3,12-13H2,1-2H3,(H,25,31). The molecule has 1 aliphatic carbocycles. The number of carbonyl (C=O) groups is 2. The van der Waals surface area contributed by atoms with Crippen LogP contribution in [0.1, 0.15) is 30.0 Å². The highest BCUT2D eigenvalue weighted by Gasteiger charge is 2.29. The smallest absolute Gasteiger partial charge is 0.260 e. The summed E-state index contributed by atoms with van der Waals surface area (Å²) in [4.78, 5) is 33.3. The van der Waals surface area contributed by atoms with Gasteiger partial charge in [-0.15, -0.1) is 10.2 Å². The third kappa shape index (κ3) is 5.00. The van der Waals surface area contributed by atoms with Gasteiger partial charge >= 0.3 is 0 Å². The molecule has 0 bridgehead atoms. The van der Waals surface area contributed by atoms with Crippen molar-refractivity contribution in [3.05, 3.63) is 65.8 Å². The molecule has 4 rings (SSSR count). The van der Waals surface area contributed by atoms with Crippen LogP contribution in [0.3, 0.4) is 0 Å². The molecule has 8 nitrogen and oxygen atoms in total. The average molecular weight is 467 g/mol. The number of amides is 2. The van der Waals surface area contributed by atoms with Gasteiger partial charge in [-0.1, -0.05) is 42.1 Å². The molecule has 33 heavy (non-hydrogen) atoms. The lowest BCUT2D eigenvalue weighted by atomic mass is 9.96. The van der Waals surface area contributed by atoms with Gasteiger partial charge in [-0.25, -0.2) is 9.38 Å². The molecule has 2 aromatic rings. The minimum Gasteiger partial charge on any atom is -0.351 e. The van der Waals surface area contributed by atoms with E-state index in [4.69, 9.17) is 0 Å². The number of aromatic nitrogens is 3. The Morgan fingerprint density at radius 3 is 2.85 bits per heavy atom.